The number of rotatable bonds is 3. The molecule has 2 fully saturated rings. The molecule has 1 N–H and O–H groups in total. The van der Waals surface area contributed by atoms with Crippen molar-refractivity contribution in [3.05, 3.63) is 29.3 Å². The van der Waals surface area contributed by atoms with Crippen LogP contribution in [0.4, 0.5) is 5.69 Å². The molecule has 1 saturated carbocycles. The van der Waals surface area contributed by atoms with Gasteiger partial charge in [-0.25, -0.2) is 0 Å². The molecule has 24 heavy (non-hydrogen) atoms. The Labute approximate surface area is 144 Å². The zero-order valence-corrected chi connectivity index (χ0v) is 14.6. The Bertz CT molecular complexity index is 628. The van der Waals surface area contributed by atoms with Crippen LogP contribution in [0.2, 0.25) is 0 Å². The summed E-state index contributed by atoms with van der Waals surface area (Å²) in [5.41, 5.74) is 2.96. The second-order valence-corrected chi connectivity index (χ2v) is 7.24. The molecule has 3 rings (SSSR count). The highest BCUT2D eigenvalue weighted by atomic mass is 16.2. The van der Waals surface area contributed by atoms with E-state index in [0.717, 1.165) is 50.0 Å². The SMILES string of the molecule is Cc1cc(C#N)ccc1N1CCC[C@H](C(=O)NC2CCCCC2)C1. The Kier molecular flexibility index (Phi) is 5.40. The Hall–Kier alpha value is -2.02. The van der Waals surface area contributed by atoms with E-state index in [1.54, 1.807) is 0 Å². The third-order valence-electron chi connectivity index (χ3n) is 5.41. The summed E-state index contributed by atoms with van der Waals surface area (Å²) in [5, 5.41) is 12.3. The van der Waals surface area contributed by atoms with Crippen molar-refractivity contribution >= 4 is 11.6 Å². The molecule has 0 aromatic heterocycles. The number of hydrogen-bond donors (Lipinski definition) is 1. The molecule has 1 saturated heterocycles. The maximum absolute atomic E-state index is 12.6. The lowest BCUT2D eigenvalue weighted by Gasteiger charge is -2.35. The normalized spacial score (nSPS) is 22.0. The summed E-state index contributed by atoms with van der Waals surface area (Å²) >= 11 is 0. The molecular weight excluding hydrogens is 298 g/mol. The standard InChI is InChI=1S/C20H27N3O/c1-15-12-16(13-21)9-10-19(15)23-11-5-6-17(14-23)20(24)22-18-7-3-2-4-8-18/h9-10,12,17-18H,2-8,11,14H2,1H3,(H,22,24)/t17-/m0/s1. The van der Waals surface area contributed by atoms with Crippen molar-refractivity contribution in [3.8, 4) is 6.07 Å². The summed E-state index contributed by atoms with van der Waals surface area (Å²) in [4.78, 5) is 15.0. The predicted molar refractivity (Wildman–Crippen MR) is 95.8 cm³/mol. The Morgan fingerprint density at radius 3 is 2.71 bits per heavy atom. The van der Waals surface area contributed by atoms with Crippen LogP contribution < -0.4 is 10.2 Å². The maximum Gasteiger partial charge on any atom is 0.225 e. The number of nitriles is 1. The first-order chi connectivity index (χ1) is 11.7. The van der Waals surface area contributed by atoms with Crippen molar-refractivity contribution in [1.29, 1.82) is 5.26 Å². The molecule has 128 valence electrons. The van der Waals surface area contributed by atoms with Crippen LogP contribution in [0.15, 0.2) is 18.2 Å². The molecule has 1 atom stereocenters. The van der Waals surface area contributed by atoms with Gasteiger partial charge in [-0.2, -0.15) is 5.26 Å². The van der Waals surface area contributed by atoms with Crippen LogP contribution in [0.5, 0.6) is 0 Å². The first-order valence-corrected chi connectivity index (χ1v) is 9.23. The summed E-state index contributed by atoms with van der Waals surface area (Å²) < 4.78 is 0. The van der Waals surface area contributed by atoms with Gasteiger partial charge in [0.1, 0.15) is 0 Å². The lowest BCUT2D eigenvalue weighted by Crippen LogP contribution is -2.46. The smallest absolute Gasteiger partial charge is 0.225 e. The minimum atomic E-state index is 0.0794. The van der Waals surface area contributed by atoms with Gasteiger partial charge in [-0.15, -0.1) is 0 Å². The lowest BCUT2D eigenvalue weighted by atomic mass is 9.92. The maximum atomic E-state index is 12.6. The number of carbonyl (C=O) groups is 1. The number of carbonyl (C=O) groups excluding carboxylic acids is 1. The van der Waals surface area contributed by atoms with Gasteiger partial charge in [-0.1, -0.05) is 19.3 Å². The molecule has 0 unspecified atom stereocenters. The van der Waals surface area contributed by atoms with Crippen LogP contribution in [0.25, 0.3) is 0 Å². The number of nitrogens with one attached hydrogen (secondary N) is 1. The molecule has 4 nitrogen and oxygen atoms in total. The zero-order chi connectivity index (χ0) is 16.9. The zero-order valence-electron chi connectivity index (χ0n) is 14.6. The van der Waals surface area contributed by atoms with E-state index in [-0.39, 0.29) is 11.8 Å². The molecule has 0 radical (unpaired) electrons. The topological polar surface area (TPSA) is 56.1 Å². The van der Waals surface area contributed by atoms with E-state index in [2.05, 4.69) is 16.3 Å². The molecule has 0 bridgehead atoms. The molecule has 1 aliphatic heterocycles. The van der Waals surface area contributed by atoms with Gasteiger partial charge in [0, 0.05) is 24.8 Å². The van der Waals surface area contributed by atoms with Gasteiger partial charge in [0.05, 0.1) is 17.6 Å². The third-order valence-corrected chi connectivity index (χ3v) is 5.41. The largest absolute Gasteiger partial charge is 0.371 e. The van der Waals surface area contributed by atoms with Gasteiger partial charge in [0.15, 0.2) is 0 Å². The predicted octanol–water partition coefficient (Wildman–Crippen LogP) is 3.53. The van der Waals surface area contributed by atoms with Crippen molar-refractivity contribution in [1.82, 2.24) is 5.32 Å². The van der Waals surface area contributed by atoms with E-state index >= 15 is 0 Å². The van der Waals surface area contributed by atoms with Crippen LogP contribution in [-0.4, -0.2) is 25.0 Å². The number of nitrogens with zero attached hydrogens (tertiary/aromatic N) is 2. The number of benzene rings is 1. The van der Waals surface area contributed by atoms with Gasteiger partial charge < -0.3 is 10.2 Å². The average molecular weight is 325 g/mol. The lowest BCUT2D eigenvalue weighted by molar-refractivity contribution is -0.126. The van der Waals surface area contributed by atoms with Crippen molar-refractivity contribution in [3.63, 3.8) is 0 Å². The summed E-state index contributed by atoms with van der Waals surface area (Å²) in [7, 11) is 0. The minimum Gasteiger partial charge on any atom is -0.371 e. The molecule has 1 amide bonds. The minimum absolute atomic E-state index is 0.0794. The first-order valence-electron chi connectivity index (χ1n) is 9.23. The van der Waals surface area contributed by atoms with Crippen LogP contribution in [0, 0.1) is 24.2 Å². The van der Waals surface area contributed by atoms with E-state index in [4.69, 9.17) is 5.26 Å². The van der Waals surface area contributed by atoms with E-state index < -0.39 is 0 Å². The average Bonchev–Trinajstić information content (AvgIpc) is 2.62. The quantitative estimate of drug-likeness (QED) is 0.925. The molecule has 1 aromatic rings. The fourth-order valence-corrected chi connectivity index (χ4v) is 4.06. The summed E-state index contributed by atoms with van der Waals surface area (Å²) in [5.74, 6) is 0.314. The molecular formula is C20H27N3O. The van der Waals surface area contributed by atoms with E-state index in [1.165, 1.54) is 19.3 Å². The number of amides is 1. The second kappa shape index (κ2) is 7.70. The van der Waals surface area contributed by atoms with Crippen molar-refractivity contribution in [2.45, 2.75) is 57.9 Å². The molecule has 1 aromatic carbocycles. The number of anilines is 1. The summed E-state index contributed by atoms with van der Waals surface area (Å²) in [6.07, 6.45) is 8.08. The fourth-order valence-electron chi connectivity index (χ4n) is 4.06. The van der Waals surface area contributed by atoms with Crippen molar-refractivity contribution in [2.75, 3.05) is 18.0 Å². The fraction of sp³-hybridized carbons (Fsp3) is 0.600. The van der Waals surface area contributed by atoms with Gasteiger partial charge in [0.2, 0.25) is 5.91 Å². The Morgan fingerprint density at radius 1 is 1.21 bits per heavy atom. The second-order valence-electron chi connectivity index (χ2n) is 7.24. The van der Waals surface area contributed by atoms with Gasteiger partial charge in [-0.05, 0) is 56.4 Å². The van der Waals surface area contributed by atoms with Crippen molar-refractivity contribution < 1.29 is 4.79 Å². The van der Waals surface area contributed by atoms with E-state index in [9.17, 15) is 4.79 Å². The molecule has 0 spiro atoms. The van der Waals surface area contributed by atoms with Crippen LogP contribution >= 0.6 is 0 Å². The van der Waals surface area contributed by atoms with E-state index in [1.807, 2.05) is 25.1 Å². The first kappa shape index (κ1) is 16.8. The van der Waals surface area contributed by atoms with Gasteiger partial charge in [-0.3, -0.25) is 4.79 Å². The third kappa shape index (κ3) is 3.90. The highest BCUT2D eigenvalue weighted by molar-refractivity contribution is 5.80. The van der Waals surface area contributed by atoms with Gasteiger partial charge in [0.25, 0.3) is 0 Å². The monoisotopic (exact) mass is 325 g/mol. The molecule has 2 aliphatic rings. The Balaban J connectivity index is 1.63. The van der Waals surface area contributed by atoms with E-state index in [0.29, 0.717) is 11.6 Å². The van der Waals surface area contributed by atoms with Crippen LogP contribution in [0.1, 0.15) is 56.1 Å². The Morgan fingerprint density at radius 2 is 2.00 bits per heavy atom. The van der Waals surface area contributed by atoms with Crippen LogP contribution in [-0.2, 0) is 4.79 Å². The number of aryl methyl sites for hydroxylation is 1. The number of hydrogen-bond acceptors (Lipinski definition) is 3. The highest BCUT2D eigenvalue weighted by Gasteiger charge is 2.28. The highest BCUT2D eigenvalue weighted by Crippen LogP contribution is 2.27. The van der Waals surface area contributed by atoms with Gasteiger partial charge >= 0.3 is 0 Å². The van der Waals surface area contributed by atoms with Crippen molar-refractivity contribution in [2.24, 2.45) is 5.92 Å². The molecule has 4 heteroatoms. The number of piperidine rings is 1. The summed E-state index contributed by atoms with van der Waals surface area (Å²) in [6, 6.07) is 8.40. The molecule has 1 aliphatic carbocycles. The summed E-state index contributed by atoms with van der Waals surface area (Å²) in [6.45, 7) is 3.81. The molecule has 1 heterocycles. The van der Waals surface area contributed by atoms with Crippen LogP contribution in [0.3, 0.4) is 0 Å².